The normalized spacial score (nSPS) is 16.5. The summed E-state index contributed by atoms with van der Waals surface area (Å²) in [5.74, 6) is -0.963. The zero-order valence-corrected chi connectivity index (χ0v) is 22.9. The molecule has 0 aliphatic rings. The van der Waals surface area contributed by atoms with Crippen LogP contribution in [0.1, 0.15) is 87.5 Å². The Morgan fingerprint density at radius 3 is 2.29 bits per heavy atom. The van der Waals surface area contributed by atoms with Gasteiger partial charge in [-0.05, 0) is 64.5 Å². The summed E-state index contributed by atoms with van der Waals surface area (Å²) in [5.41, 5.74) is 8.14. The molecule has 0 saturated carbocycles. The number of amidine groups is 1. The summed E-state index contributed by atoms with van der Waals surface area (Å²) in [5, 5.41) is 9.69. The van der Waals surface area contributed by atoms with Crippen molar-refractivity contribution >= 4 is 18.0 Å². The number of hydrogen-bond donors (Lipinski definition) is 2. The molecule has 0 spiro atoms. The molecule has 0 saturated heterocycles. The number of carbonyl (C=O) groups is 2. The molecule has 7 heteroatoms. The molecule has 35 heavy (non-hydrogen) atoms. The van der Waals surface area contributed by atoms with Gasteiger partial charge in [-0.2, -0.15) is 0 Å². The highest BCUT2D eigenvalue weighted by atomic mass is 19.1. The fourth-order valence-corrected chi connectivity index (χ4v) is 4.32. The first-order valence-electron chi connectivity index (χ1n) is 12.4. The number of rotatable bonds is 15. The Bertz CT molecular complexity index is 871. The maximum atomic E-state index is 13.3. The van der Waals surface area contributed by atoms with E-state index in [1.54, 1.807) is 4.90 Å². The van der Waals surface area contributed by atoms with E-state index in [2.05, 4.69) is 32.3 Å². The van der Waals surface area contributed by atoms with Crippen molar-refractivity contribution in [3.05, 3.63) is 47.0 Å². The molecule has 0 aliphatic heterocycles. The largest absolute Gasteiger partial charge is 0.504 e. The lowest BCUT2D eigenvalue weighted by Crippen LogP contribution is -2.45. The van der Waals surface area contributed by atoms with Crippen molar-refractivity contribution in [3.8, 4) is 0 Å². The smallest absolute Gasteiger partial charge is 0.253 e. The monoisotopic (exact) mass is 491 g/mol. The summed E-state index contributed by atoms with van der Waals surface area (Å²) in [6.45, 7) is 18.9. The van der Waals surface area contributed by atoms with Crippen molar-refractivity contribution in [2.24, 2.45) is 16.1 Å². The van der Waals surface area contributed by atoms with Gasteiger partial charge in [0, 0.05) is 18.5 Å². The molecule has 0 aliphatic carbocycles. The molecular weight excluding hydrogens is 445 g/mol. The van der Waals surface area contributed by atoms with Gasteiger partial charge in [-0.3, -0.25) is 14.6 Å². The summed E-state index contributed by atoms with van der Waals surface area (Å²) in [7, 11) is 0. The average molecular weight is 492 g/mol. The lowest BCUT2D eigenvalue weighted by atomic mass is 9.73. The quantitative estimate of drug-likeness (QED) is 0.0696. The number of nitrogens with zero attached hydrogens (tertiary/aromatic N) is 2. The minimum Gasteiger partial charge on any atom is -0.504 e. The van der Waals surface area contributed by atoms with Gasteiger partial charge in [0.15, 0.2) is 12.0 Å². The molecule has 198 valence electrons. The molecule has 0 bridgehead atoms. The molecule has 3 N–H and O–H groups in total. The maximum Gasteiger partial charge on any atom is 0.253 e. The van der Waals surface area contributed by atoms with E-state index in [0.29, 0.717) is 18.8 Å². The van der Waals surface area contributed by atoms with E-state index in [-0.39, 0.29) is 29.4 Å². The van der Waals surface area contributed by atoms with Crippen molar-refractivity contribution in [2.75, 3.05) is 6.54 Å². The number of amides is 1. The fraction of sp³-hybridized carbons (Fsp3) is 0.607. The van der Waals surface area contributed by atoms with Gasteiger partial charge in [-0.15, -0.1) is 0 Å². The highest BCUT2D eigenvalue weighted by molar-refractivity contribution is 5.97. The van der Waals surface area contributed by atoms with Crippen molar-refractivity contribution in [1.29, 1.82) is 0 Å². The van der Waals surface area contributed by atoms with E-state index in [1.165, 1.54) is 18.6 Å². The number of carbonyl (C=O) groups excluding carboxylic acids is 2. The van der Waals surface area contributed by atoms with Crippen LogP contribution in [-0.4, -0.2) is 46.7 Å². The van der Waals surface area contributed by atoms with Gasteiger partial charge >= 0.3 is 0 Å². The van der Waals surface area contributed by atoms with Gasteiger partial charge in [0.1, 0.15) is 5.83 Å². The van der Waals surface area contributed by atoms with Crippen LogP contribution in [0.4, 0.5) is 4.39 Å². The first kappa shape index (κ1) is 32.3. The van der Waals surface area contributed by atoms with Crippen LogP contribution < -0.4 is 5.73 Å². The highest BCUT2D eigenvalue weighted by Crippen LogP contribution is 2.39. The summed E-state index contributed by atoms with van der Waals surface area (Å²) in [4.78, 5) is 29.9. The number of aliphatic hydroxyl groups excluding tert-OH is 1. The Morgan fingerprint density at radius 2 is 1.83 bits per heavy atom. The molecule has 0 fully saturated rings. The van der Waals surface area contributed by atoms with Crippen LogP contribution in [0.15, 0.2) is 52.0 Å². The number of halogens is 1. The minimum absolute atomic E-state index is 0.00162. The van der Waals surface area contributed by atoms with E-state index in [0.717, 1.165) is 31.3 Å². The third kappa shape index (κ3) is 10.6. The number of aldehydes is 1. The van der Waals surface area contributed by atoms with Gasteiger partial charge in [-0.1, -0.05) is 51.8 Å². The molecule has 0 aromatic rings. The molecule has 0 aromatic heterocycles. The van der Waals surface area contributed by atoms with Crippen LogP contribution in [0.5, 0.6) is 0 Å². The number of nitrogens with two attached hydrogens (primary N) is 1. The minimum atomic E-state index is -0.567. The molecule has 0 aromatic carbocycles. The van der Waals surface area contributed by atoms with E-state index in [4.69, 9.17) is 5.73 Å². The third-order valence-corrected chi connectivity index (χ3v) is 6.24. The van der Waals surface area contributed by atoms with Gasteiger partial charge in [0.2, 0.25) is 0 Å². The summed E-state index contributed by atoms with van der Waals surface area (Å²) in [6, 6.07) is -0.452. The Morgan fingerprint density at radius 1 is 1.23 bits per heavy atom. The molecule has 2 atom stereocenters. The Labute approximate surface area is 211 Å². The number of hydrogen-bond acceptors (Lipinski definition) is 4. The molecule has 6 nitrogen and oxygen atoms in total. The van der Waals surface area contributed by atoms with E-state index in [1.807, 2.05) is 33.8 Å². The predicted octanol–water partition coefficient (Wildman–Crippen LogP) is 6.35. The fourth-order valence-electron chi connectivity index (χ4n) is 4.32. The van der Waals surface area contributed by atoms with E-state index >= 15 is 0 Å². The lowest BCUT2D eigenvalue weighted by molar-refractivity contribution is -0.131. The summed E-state index contributed by atoms with van der Waals surface area (Å²) in [6.07, 6.45) is 8.04. The first-order chi connectivity index (χ1) is 16.2. The molecule has 0 radical (unpaired) electrons. The van der Waals surface area contributed by atoms with Crippen molar-refractivity contribution in [2.45, 2.75) is 99.6 Å². The Kier molecular flexibility index (Phi) is 14.1. The standard InChI is InChI=1S/C28H46FN3O3/c1-10-12-13-28(9,24(11-2)15-20(5)14-21(6)29)16-26(30)31-17-22(7)32(19(3)4)27(35)23(8)25(34)18-33/h14-15,18-19,22,34H,6,10-13,16-17H2,1-5,7-9H3,(H2,30,31)/b20-14-,24-15+,25-23-. The lowest BCUT2D eigenvalue weighted by Gasteiger charge is -2.34. The second kappa shape index (κ2) is 15.3. The Hall–Kier alpha value is -2.70. The van der Waals surface area contributed by atoms with Gasteiger partial charge in [0.05, 0.1) is 18.0 Å². The van der Waals surface area contributed by atoms with Crippen molar-refractivity contribution < 1.29 is 19.1 Å². The SMILES string of the molecule is C=C(F)/C=C(C)\C=C(/CC)C(C)(CCCC)CC(N)=NCC(C)N(C(=O)/C(C)=C(\O)C=O)C(C)C. The van der Waals surface area contributed by atoms with Crippen LogP contribution in [0, 0.1) is 5.41 Å². The zero-order valence-electron chi connectivity index (χ0n) is 22.9. The number of unbranched alkanes of at least 4 members (excludes halogenated alkanes) is 1. The number of aliphatic hydroxyl groups is 1. The van der Waals surface area contributed by atoms with Crippen molar-refractivity contribution in [1.82, 2.24) is 4.90 Å². The average Bonchev–Trinajstić information content (AvgIpc) is 2.77. The summed E-state index contributed by atoms with van der Waals surface area (Å²) < 4.78 is 13.3. The highest BCUT2D eigenvalue weighted by Gasteiger charge is 2.29. The summed E-state index contributed by atoms with van der Waals surface area (Å²) >= 11 is 0. The molecular formula is C28H46FN3O3. The predicted molar refractivity (Wildman–Crippen MR) is 144 cm³/mol. The van der Waals surface area contributed by atoms with E-state index < -0.39 is 17.5 Å². The van der Waals surface area contributed by atoms with Crippen LogP contribution in [0.3, 0.4) is 0 Å². The number of aliphatic imine (C=N–C) groups is 1. The number of allylic oxidation sites excluding steroid dienone is 6. The van der Waals surface area contributed by atoms with Gasteiger partial charge in [-0.25, -0.2) is 4.39 Å². The molecule has 2 unspecified atom stereocenters. The second-order valence-electron chi connectivity index (χ2n) is 9.81. The van der Waals surface area contributed by atoms with Crippen LogP contribution >= 0.6 is 0 Å². The van der Waals surface area contributed by atoms with Crippen LogP contribution in [0.2, 0.25) is 0 Å². The zero-order chi connectivity index (χ0) is 27.3. The first-order valence-corrected chi connectivity index (χ1v) is 12.4. The second-order valence-corrected chi connectivity index (χ2v) is 9.81. The third-order valence-electron chi connectivity index (χ3n) is 6.24. The molecule has 1 amide bonds. The van der Waals surface area contributed by atoms with Crippen molar-refractivity contribution in [3.63, 3.8) is 0 Å². The van der Waals surface area contributed by atoms with Crippen LogP contribution in [-0.2, 0) is 9.59 Å². The van der Waals surface area contributed by atoms with Crippen LogP contribution in [0.25, 0.3) is 0 Å². The topological polar surface area (TPSA) is 96.0 Å². The Balaban J connectivity index is 5.90. The molecule has 0 rings (SSSR count). The molecule has 0 heterocycles. The maximum absolute atomic E-state index is 13.3. The van der Waals surface area contributed by atoms with Gasteiger partial charge < -0.3 is 15.7 Å². The van der Waals surface area contributed by atoms with Gasteiger partial charge in [0.25, 0.3) is 5.91 Å². The van der Waals surface area contributed by atoms with E-state index in [9.17, 15) is 19.1 Å².